The lowest BCUT2D eigenvalue weighted by Crippen LogP contribution is -2.58. The minimum absolute atomic E-state index is 0.0715. The van der Waals surface area contributed by atoms with Crippen molar-refractivity contribution in [2.45, 2.75) is 50.5 Å². The van der Waals surface area contributed by atoms with Gasteiger partial charge in [0.1, 0.15) is 0 Å². The minimum Gasteiger partial charge on any atom is -0.328 e. The molecule has 0 unspecified atom stereocenters. The predicted octanol–water partition coefficient (Wildman–Crippen LogP) is 1.80. The molecule has 0 spiro atoms. The number of carbonyl (C=O) groups excluding carboxylic acids is 1. The Hall–Kier alpha value is -0.770. The summed E-state index contributed by atoms with van der Waals surface area (Å²) in [5.41, 5.74) is 5.89. The van der Waals surface area contributed by atoms with Gasteiger partial charge in [-0.25, -0.2) is 4.79 Å². The molecule has 2 aliphatic rings. The monoisotopic (exact) mass is 239 g/mol. The summed E-state index contributed by atoms with van der Waals surface area (Å²) in [5.74, 6) is 0. The lowest BCUT2D eigenvalue weighted by molar-refractivity contribution is 0.0844. The quantitative estimate of drug-likeness (QED) is 0.798. The van der Waals surface area contributed by atoms with Gasteiger partial charge in [0.25, 0.3) is 0 Å². The molecule has 1 aliphatic heterocycles. The number of carbonyl (C=O) groups is 1. The number of nitrogens with two attached hydrogens (primary N) is 1. The second-order valence-electron chi connectivity index (χ2n) is 5.52. The first-order valence-corrected chi connectivity index (χ1v) is 6.92. The molecule has 4 heteroatoms. The Bertz CT molecular complexity index is 268. The van der Waals surface area contributed by atoms with Crippen molar-refractivity contribution in [3.63, 3.8) is 0 Å². The third-order valence-corrected chi connectivity index (χ3v) is 4.54. The Kier molecular flexibility index (Phi) is 3.92. The highest BCUT2D eigenvalue weighted by atomic mass is 16.2. The van der Waals surface area contributed by atoms with E-state index in [1.54, 1.807) is 0 Å². The van der Waals surface area contributed by atoms with E-state index in [1.807, 2.05) is 16.8 Å². The molecular weight excluding hydrogens is 214 g/mol. The zero-order chi connectivity index (χ0) is 12.3. The molecule has 0 aromatic carbocycles. The van der Waals surface area contributed by atoms with E-state index in [1.165, 1.54) is 19.3 Å². The molecule has 1 heterocycles. The molecule has 2 fully saturated rings. The average molecular weight is 239 g/mol. The smallest absolute Gasteiger partial charge is 0.320 e. The van der Waals surface area contributed by atoms with Crippen LogP contribution in [-0.2, 0) is 0 Å². The summed E-state index contributed by atoms with van der Waals surface area (Å²) in [6.45, 7) is 2.44. The Labute approximate surface area is 104 Å². The van der Waals surface area contributed by atoms with Crippen molar-refractivity contribution in [2.24, 2.45) is 5.73 Å². The molecule has 98 valence electrons. The molecule has 0 aromatic heterocycles. The highest BCUT2D eigenvalue weighted by molar-refractivity contribution is 5.75. The van der Waals surface area contributed by atoms with Gasteiger partial charge in [0.05, 0.1) is 5.54 Å². The van der Waals surface area contributed by atoms with Gasteiger partial charge in [0, 0.05) is 26.7 Å². The number of hydrogen-bond donors (Lipinski definition) is 1. The molecule has 0 aromatic rings. The molecule has 17 heavy (non-hydrogen) atoms. The van der Waals surface area contributed by atoms with Crippen LogP contribution in [-0.4, -0.2) is 48.1 Å². The van der Waals surface area contributed by atoms with Crippen molar-refractivity contribution in [3.8, 4) is 0 Å². The molecule has 0 radical (unpaired) electrons. The topological polar surface area (TPSA) is 49.6 Å². The normalized spacial score (nSPS) is 23.8. The highest BCUT2D eigenvalue weighted by Gasteiger charge is 2.39. The lowest BCUT2D eigenvalue weighted by atomic mass is 9.80. The molecule has 2 N–H and O–H groups in total. The van der Waals surface area contributed by atoms with Gasteiger partial charge in [-0.15, -0.1) is 0 Å². The Morgan fingerprint density at radius 3 is 2.29 bits per heavy atom. The number of hydrogen-bond acceptors (Lipinski definition) is 2. The second kappa shape index (κ2) is 5.25. The highest BCUT2D eigenvalue weighted by Crippen LogP contribution is 2.33. The molecule has 4 nitrogen and oxygen atoms in total. The van der Waals surface area contributed by atoms with E-state index in [4.69, 9.17) is 5.73 Å². The van der Waals surface area contributed by atoms with Gasteiger partial charge >= 0.3 is 6.03 Å². The van der Waals surface area contributed by atoms with Gasteiger partial charge in [-0.2, -0.15) is 0 Å². The molecule has 2 rings (SSSR count). The van der Waals surface area contributed by atoms with Crippen LogP contribution in [0.25, 0.3) is 0 Å². The maximum Gasteiger partial charge on any atom is 0.320 e. The van der Waals surface area contributed by atoms with Crippen molar-refractivity contribution >= 4 is 6.03 Å². The van der Waals surface area contributed by atoms with Crippen LogP contribution >= 0.6 is 0 Å². The Balaban J connectivity index is 2.04. The molecule has 1 saturated carbocycles. The molecule has 0 atom stereocenters. The van der Waals surface area contributed by atoms with Crippen LogP contribution in [0.1, 0.15) is 44.9 Å². The van der Waals surface area contributed by atoms with E-state index in [0.717, 1.165) is 38.8 Å². The first-order chi connectivity index (χ1) is 8.19. The van der Waals surface area contributed by atoms with Crippen LogP contribution in [0.3, 0.4) is 0 Å². The predicted molar refractivity (Wildman–Crippen MR) is 68.8 cm³/mol. The van der Waals surface area contributed by atoms with Crippen LogP contribution in [0.15, 0.2) is 0 Å². The number of rotatable bonds is 2. The first-order valence-electron chi connectivity index (χ1n) is 6.92. The number of nitrogens with zero attached hydrogens (tertiary/aromatic N) is 2. The van der Waals surface area contributed by atoms with Gasteiger partial charge in [0.2, 0.25) is 0 Å². The summed E-state index contributed by atoms with van der Waals surface area (Å²) < 4.78 is 0. The van der Waals surface area contributed by atoms with Gasteiger partial charge in [-0.05, 0) is 25.7 Å². The van der Waals surface area contributed by atoms with Crippen LogP contribution < -0.4 is 5.73 Å². The second-order valence-corrected chi connectivity index (χ2v) is 5.52. The fraction of sp³-hybridized carbons (Fsp3) is 0.923. The molecule has 1 saturated heterocycles. The number of urea groups is 1. The first kappa shape index (κ1) is 12.7. The van der Waals surface area contributed by atoms with Crippen LogP contribution in [0.5, 0.6) is 0 Å². The van der Waals surface area contributed by atoms with Crippen molar-refractivity contribution in [1.82, 2.24) is 9.80 Å². The molecular formula is C13H25N3O. The summed E-state index contributed by atoms with van der Waals surface area (Å²) in [5, 5.41) is 0. The van der Waals surface area contributed by atoms with Gasteiger partial charge in [-0.3, -0.25) is 0 Å². The lowest BCUT2D eigenvalue weighted by Gasteiger charge is -2.45. The van der Waals surface area contributed by atoms with Crippen LogP contribution in [0.4, 0.5) is 4.79 Å². The van der Waals surface area contributed by atoms with Gasteiger partial charge in [-0.1, -0.05) is 19.3 Å². The summed E-state index contributed by atoms with van der Waals surface area (Å²) in [6.07, 6.45) is 8.13. The third kappa shape index (κ3) is 2.41. The van der Waals surface area contributed by atoms with Crippen LogP contribution in [0.2, 0.25) is 0 Å². The zero-order valence-electron chi connectivity index (χ0n) is 11.0. The maximum absolute atomic E-state index is 12.4. The van der Waals surface area contributed by atoms with E-state index in [0.29, 0.717) is 6.54 Å². The van der Waals surface area contributed by atoms with E-state index in [-0.39, 0.29) is 11.6 Å². The molecule has 0 bridgehead atoms. The van der Waals surface area contributed by atoms with Crippen LogP contribution in [0, 0.1) is 0 Å². The van der Waals surface area contributed by atoms with E-state index < -0.39 is 0 Å². The Morgan fingerprint density at radius 1 is 1.18 bits per heavy atom. The van der Waals surface area contributed by atoms with E-state index in [9.17, 15) is 4.79 Å². The molecule has 1 aliphatic carbocycles. The summed E-state index contributed by atoms with van der Waals surface area (Å²) in [7, 11) is 1.94. The maximum atomic E-state index is 12.4. The summed E-state index contributed by atoms with van der Waals surface area (Å²) >= 11 is 0. The van der Waals surface area contributed by atoms with E-state index >= 15 is 0 Å². The standard InChI is InChI=1S/C13H25N3O/c1-15(12(17)16-9-5-6-10-16)13(11-14)7-3-2-4-8-13/h2-11,14H2,1H3. The van der Waals surface area contributed by atoms with Crippen molar-refractivity contribution in [2.75, 3.05) is 26.7 Å². The Morgan fingerprint density at radius 2 is 1.76 bits per heavy atom. The third-order valence-electron chi connectivity index (χ3n) is 4.54. The van der Waals surface area contributed by atoms with E-state index in [2.05, 4.69) is 0 Å². The van der Waals surface area contributed by atoms with Gasteiger partial charge in [0.15, 0.2) is 0 Å². The largest absolute Gasteiger partial charge is 0.328 e. The SMILES string of the molecule is CN(C(=O)N1CCCC1)C1(CN)CCCCC1. The van der Waals surface area contributed by atoms with Gasteiger partial charge < -0.3 is 15.5 Å². The minimum atomic E-state index is -0.0715. The molecule has 2 amide bonds. The fourth-order valence-corrected chi connectivity index (χ4v) is 3.21. The number of likely N-dealkylation sites (tertiary alicyclic amines) is 1. The average Bonchev–Trinajstić information content (AvgIpc) is 2.91. The summed E-state index contributed by atoms with van der Waals surface area (Å²) in [4.78, 5) is 16.3. The van der Waals surface area contributed by atoms with Crippen molar-refractivity contribution in [3.05, 3.63) is 0 Å². The zero-order valence-corrected chi connectivity index (χ0v) is 11.0. The summed E-state index contributed by atoms with van der Waals surface area (Å²) in [6, 6.07) is 0.190. The number of amides is 2. The number of likely N-dealkylation sites (N-methyl/N-ethyl adjacent to an activating group) is 1. The van der Waals surface area contributed by atoms with Crippen molar-refractivity contribution < 1.29 is 4.79 Å². The fourth-order valence-electron chi connectivity index (χ4n) is 3.21. The van der Waals surface area contributed by atoms with Crippen molar-refractivity contribution in [1.29, 1.82) is 0 Å².